The second-order valence-corrected chi connectivity index (χ2v) is 5.42. The van der Waals surface area contributed by atoms with Crippen LogP contribution in [0.5, 0.6) is 0 Å². The lowest BCUT2D eigenvalue weighted by atomic mass is 9.68. The van der Waals surface area contributed by atoms with Crippen molar-refractivity contribution in [2.24, 2.45) is 0 Å². The van der Waals surface area contributed by atoms with Gasteiger partial charge in [0.25, 0.3) is 0 Å². The van der Waals surface area contributed by atoms with Crippen molar-refractivity contribution >= 4 is 5.97 Å². The van der Waals surface area contributed by atoms with Crippen LogP contribution in [0.4, 0.5) is 0 Å². The molecule has 0 aromatic heterocycles. The first-order chi connectivity index (χ1) is 10.6. The average Bonchev–Trinajstić information content (AvgIpc) is 2.60. The lowest BCUT2D eigenvalue weighted by Gasteiger charge is -2.32. The highest BCUT2D eigenvalue weighted by atomic mass is 16.5. The van der Waals surface area contributed by atoms with Gasteiger partial charge in [-0.25, -0.2) is 0 Å². The van der Waals surface area contributed by atoms with Gasteiger partial charge in [-0.3, -0.25) is 4.79 Å². The van der Waals surface area contributed by atoms with E-state index in [-0.39, 0.29) is 18.3 Å². The molecule has 2 rings (SSSR count). The van der Waals surface area contributed by atoms with E-state index in [1.54, 1.807) is 0 Å². The first kappa shape index (κ1) is 15.8. The minimum Gasteiger partial charge on any atom is -0.469 e. The quantitative estimate of drug-likeness (QED) is 0.787. The fraction of sp³-hybridized carbons (Fsp3) is 0.263. The minimum atomic E-state index is -0.809. The molecule has 0 N–H and O–H groups in total. The Balaban J connectivity index is 2.51. The molecule has 0 aliphatic heterocycles. The summed E-state index contributed by atoms with van der Waals surface area (Å²) in [5.74, 6) is -0.584. The maximum atomic E-state index is 11.9. The van der Waals surface area contributed by atoms with Crippen LogP contribution in [0.3, 0.4) is 0 Å². The van der Waals surface area contributed by atoms with E-state index in [1.807, 2.05) is 67.6 Å². The number of nitriles is 1. The fourth-order valence-electron chi connectivity index (χ4n) is 2.72. The molecule has 2 atom stereocenters. The third kappa shape index (κ3) is 3.17. The van der Waals surface area contributed by atoms with Crippen LogP contribution in [0.2, 0.25) is 0 Å². The van der Waals surface area contributed by atoms with Gasteiger partial charge in [0, 0.05) is 5.92 Å². The monoisotopic (exact) mass is 293 g/mol. The van der Waals surface area contributed by atoms with Crippen LogP contribution < -0.4 is 0 Å². The third-order valence-corrected chi connectivity index (χ3v) is 4.10. The van der Waals surface area contributed by atoms with E-state index in [2.05, 4.69) is 6.07 Å². The number of nitrogens with zero attached hydrogens (tertiary/aromatic N) is 1. The highest BCUT2D eigenvalue weighted by Gasteiger charge is 2.38. The fourth-order valence-corrected chi connectivity index (χ4v) is 2.72. The van der Waals surface area contributed by atoms with E-state index in [9.17, 15) is 10.1 Å². The van der Waals surface area contributed by atoms with Gasteiger partial charge >= 0.3 is 5.97 Å². The summed E-state index contributed by atoms with van der Waals surface area (Å²) in [6, 6.07) is 21.7. The summed E-state index contributed by atoms with van der Waals surface area (Å²) in [5, 5.41) is 9.85. The van der Waals surface area contributed by atoms with E-state index in [0.29, 0.717) is 0 Å². The standard InChI is InChI=1S/C19H19NO2/c1-19(14-20,16-11-7-4-8-12-16)17(13-18(21)22-2)15-9-5-3-6-10-15/h3-12,17H,13H2,1-2H3/t17-,19+/m0/s1. The molecule has 3 nitrogen and oxygen atoms in total. The molecule has 0 unspecified atom stereocenters. The van der Waals surface area contributed by atoms with Crippen molar-refractivity contribution in [2.45, 2.75) is 24.7 Å². The summed E-state index contributed by atoms with van der Waals surface area (Å²) >= 11 is 0. The van der Waals surface area contributed by atoms with Gasteiger partial charge in [-0.05, 0) is 18.1 Å². The van der Waals surface area contributed by atoms with Crippen LogP contribution >= 0.6 is 0 Å². The summed E-state index contributed by atoms with van der Waals surface area (Å²) in [6.07, 6.45) is 0.166. The number of hydrogen-bond acceptors (Lipinski definition) is 3. The molecule has 0 aliphatic rings. The van der Waals surface area contributed by atoms with Crippen LogP contribution in [-0.4, -0.2) is 13.1 Å². The van der Waals surface area contributed by atoms with E-state index in [0.717, 1.165) is 11.1 Å². The summed E-state index contributed by atoms with van der Waals surface area (Å²) in [4.78, 5) is 11.9. The maximum absolute atomic E-state index is 11.9. The summed E-state index contributed by atoms with van der Waals surface area (Å²) in [7, 11) is 1.37. The smallest absolute Gasteiger partial charge is 0.306 e. The van der Waals surface area contributed by atoms with Gasteiger partial charge in [-0.2, -0.15) is 5.26 Å². The zero-order valence-corrected chi connectivity index (χ0v) is 12.8. The number of carbonyl (C=O) groups is 1. The highest BCUT2D eigenvalue weighted by molar-refractivity contribution is 5.71. The summed E-state index contributed by atoms with van der Waals surface area (Å²) in [6.45, 7) is 1.88. The SMILES string of the molecule is COC(=O)C[C@@H](c1ccccc1)[C@](C)(C#N)c1ccccc1. The predicted octanol–water partition coefficient (Wildman–Crippen LogP) is 3.81. The van der Waals surface area contributed by atoms with Crippen molar-refractivity contribution in [1.29, 1.82) is 5.26 Å². The van der Waals surface area contributed by atoms with Crippen LogP contribution in [0.1, 0.15) is 30.4 Å². The molecule has 0 spiro atoms. The Morgan fingerprint density at radius 2 is 1.68 bits per heavy atom. The Labute approximate surface area is 131 Å². The van der Waals surface area contributed by atoms with Crippen LogP contribution in [0.15, 0.2) is 60.7 Å². The topological polar surface area (TPSA) is 50.1 Å². The molecule has 0 radical (unpaired) electrons. The average molecular weight is 293 g/mol. The molecule has 22 heavy (non-hydrogen) atoms. The van der Waals surface area contributed by atoms with E-state index < -0.39 is 5.41 Å². The van der Waals surface area contributed by atoms with Crippen LogP contribution in [0.25, 0.3) is 0 Å². The molecule has 0 amide bonds. The van der Waals surface area contributed by atoms with Gasteiger partial charge < -0.3 is 4.74 Å². The molecular weight excluding hydrogens is 274 g/mol. The largest absolute Gasteiger partial charge is 0.469 e. The Morgan fingerprint density at radius 1 is 1.14 bits per heavy atom. The van der Waals surface area contributed by atoms with E-state index in [4.69, 9.17) is 4.74 Å². The molecule has 0 heterocycles. The lowest BCUT2D eigenvalue weighted by molar-refractivity contribution is -0.141. The van der Waals surface area contributed by atoms with Crippen molar-refractivity contribution in [1.82, 2.24) is 0 Å². The lowest BCUT2D eigenvalue weighted by Crippen LogP contribution is -2.31. The van der Waals surface area contributed by atoms with Crippen molar-refractivity contribution in [3.8, 4) is 6.07 Å². The molecule has 2 aromatic rings. The van der Waals surface area contributed by atoms with Crippen molar-refractivity contribution in [3.05, 3.63) is 71.8 Å². The van der Waals surface area contributed by atoms with E-state index in [1.165, 1.54) is 7.11 Å². The van der Waals surface area contributed by atoms with Gasteiger partial charge in [0.05, 0.1) is 25.0 Å². The second kappa shape index (κ2) is 6.91. The van der Waals surface area contributed by atoms with Crippen LogP contribution in [-0.2, 0) is 14.9 Å². The Kier molecular flexibility index (Phi) is 4.95. The molecule has 0 saturated carbocycles. The number of carbonyl (C=O) groups excluding carboxylic acids is 1. The molecule has 0 saturated heterocycles. The van der Waals surface area contributed by atoms with Gasteiger partial charge in [-0.1, -0.05) is 60.7 Å². The predicted molar refractivity (Wildman–Crippen MR) is 85.2 cm³/mol. The number of rotatable bonds is 5. The van der Waals surface area contributed by atoms with Gasteiger partial charge in [-0.15, -0.1) is 0 Å². The van der Waals surface area contributed by atoms with Gasteiger partial charge in [0.1, 0.15) is 0 Å². The normalized spacial score (nSPS) is 14.4. The molecular formula is C19H19NO2. The van der Waals surface area contributed by atoms with Crippen LogP contribution in [0, 0.1) is 11.3 Å². The number of esters is 1. The Morgan fingerprint density at radius 3 is 2.18 bits per heavy atom. The molecule has 2 aromatic carbocycles. The summed E-state index contributed by atoms with van der Waals surface area (Å²) < 4.78 is 4.83. The maximum Gasteiger partial charge on any atom is 0.306 e. The van der Waals surface area contributed by atoms with Crippen molar-refractivity contribution in [2.75, 3.05) is 7.11 Å². The Hall–Kier alpha value is -2.60. The zero-order valence-electron chi connectivity index (χ0n) is 12.8. The first-order valence-corrected chi connectivity index (χ1v) is 7.20. The number of methoxy groups -OCH3 is 1. The third-order valence-electron chi connectivity index (χ3n) is 4.10. The van der Waals surface area contributed by atoms with E-state index >= 15 is 0 Å². The molecule has 3 heteroatoms. The van der Waals surface area contributed by atoms with Crippen molar-refractivity contribution in [3.63, 3.8) is 0 Å². The summed E-state index contributed by atoms with van der Waals surface area (Å²) in [5.41, 5.74) is 1.05. The molecule has 0 bridgehead atoms. The Bertz CT molecular complexity index is 661. The number of benzene rings is 2. The number of ether oxygens (including phenoxy) is 1. The zero-order chi connectivity index (χ0) is 16.0. The molecule has 0 aliphatic carbocycles. The number of hydrogen-bond donors (Lipinski definition) is 0. The first-order valence-electron chi connectivity index (χ1n) is 7.20. The van der Waals surface area contributed by atoms with Gasteiger partial charge in [0.15, 0.2) is 0 Å². The minimum absolute atomic E-state index is 0.166. The van der Waals surface area contributed by atoms with Gasteiger partial charge in [0.2, 0.25) is 0 Å². The molecule has 112 valence electrons. The molecule has 0 fully saturated rings. The second-order valence-electron chi connectivity index (χ2n) is 5.42. The highest BCUT2D eigenvalue weighted by Crippen LogP contribution is 2.41. The van der Waals surface area contributed by atoms with Crippen molar-refractivity contribution < 1.29 is 9.53 Å².